The van der Waals surface area contributed by atoms with Gasteiger partial charge in [0.25, 0.3) is 11.8 Å². The molecule has 2 N–H and O–H groups in total. The predicted octanol–water partition coefficient (Wildman–Crippen LogP) is 3.99. The lowest BCUT2D eigenvalue weighted by Crippen LogP contribution is -2.30. The van der Waals surface area contributed by atoms with E-state index in [9.17, 15) is 23.2 Å². The molecule has 0 aliphatic heterocycles. The number of carbonyl (C=O) groups is 3. The van der Waals surface area contributed by atoms with Crippen molar-refractivity contribution in [3.63, 3.8) is 0 Å². The first-order valence-corrected chi connectivity index (χ1v) is 8.76. The zero-order chi connectivity index (χ0) is 21.7. The molecular formula is C21H16F2N2O5. The van der Waals surface area contributed by atoms with E-state index in [1.807, 2.05) is 0 Å². The Bertz CT molecular complexity index is 1050. The summed E-state index contributed by atoms with van der Waals surface area (Å²) in [6.07, 6.45) is 0.0566. The van der Waals surface area contributed by atoms with Gasteiger partial charge in [0.2, 0.25) is 0 Å². The number of ether oxygens (including phenoxy) is 1. The average molecular weight is 414 g/mol. The van der Waals surface area contributed by atoms with Crippen molar-refractivity contribution in [1.82, 2.24) is 0 Å². The third kappa shape index (κ3) is 4.88. The fourth-order valence-electron chi connectivity index (χ4n) is 2.41. The first kappa shape index (κ1) is 20.7. The Morgan fingerprint density at radius 2 is 1.60 bits per heavy atom. The normalized spacial score (nSPS) is 11.4. The molecule has 2 amide bonds. The van der Waals surface area contributed by atoms with Gasteiger partial charge in [-0.25, -0.2) is 13.6 Å². The van der Waals surface area contributed by atoms with Gasteiger partial charge in [-0.1, -0.05) is 6.07 Å². The number of anilines is 2. The Morgan fingerprint density at radius 1 is 0.933 bits per heavy atom. The van der Waals surface area contributed by atoms with Crippen LogP contribution in [0.3, 0.4) is 0 Å². The molecule has 1 aromatic heterocycles. The topological polar surface area (TPSA) is 97.6 Å². The van der Waals surface area contributed by atoms with Gasteiger partial charge >= 0.3 is 5.97 Å². The maximum atomic E-state index is 13.6. The van der Waals surface area contributed by atoms with E-state index in [1.54, 1.807) is 6.07 Å². The first-order chi connectivity index (χ1) is 14.3. The summed E-state index contributed by atoms with van der Waals surface area (Å²) in [5, 5.41) is 4.64. The van der Waals surface area contributed by atoms with Gasteiger partial charge < -0.3 is 19.8 Å². The number of furan rings is 1. The van der Waals surface area contributed by atoms with Crippen LogP contribution in [0.5, 0.6) is 0 Å². The zero-order valence-corrected chi connectivity index (χ0v) is 15.6. The summed E-state index contributed by atoms with van der Waals surface area (Å²) in [5.74, 6) is -3.95. The number of nitrogens with one attached hydrogen (secondary N) is 2. The molecule has 1 heterocycles. The Balaban J connectivity index is 1.58. The largest absolute Gasteiger partial charge is 0.459 e. The van der Waals surface area contributed by atoms with Gasteiger partial charge in [0, 0.05) is 5.69 Å². The SMILES string of the molecule is CC(OC(=O)c1ccc(NC(=O)c2ccco2)cc1)C(=O)Nc1c(F)cccc1F. The second-order valence-corrected chi connectivity index (χ2v) is 6.14. The van der Waals surface area contributed by atoms with Gasteiger partial charge in [0.05, 0.1) is 11.8 Å². The quantitative estimate of drug-likeness (QED) is 0.595. The van der Waals surface area contributed by atoms with Crippen molar-refractivity contribution in [2.75, 3.05) is 10.6 Å². The van der Waals surface area contributed by atoms with Crippen LogP contribution in [0.2, 0.25) is 0 Å². The predicted molar refractivity (Wildman–Crippen MR) is 103 cm³/mol. The van der Waals surface area contributed by atoms with Gasteiger partial charge in [-0.15, -0.1) is 0 Å². The smallest absolute Gasteiger partial charge is 0.338 e. The molecular weight excluding hydrogens is 398 g/mol. The van der Waals surface area contributed by atoms with Crippen molar-refractivity contribution >= 4 is 29.2 Å². The van der Waals surface area contributed by atoms with E-state index in [1.165, 1.54) is 43.5 Å². The molecule has 0 radical (unpaired) electrons. The highest BCUT2D eigenvalue weighted by Gasteiger charge is 2.21. The minimum Gasteiger partial charge on any atom is -0.459 e. The van der Waals surface area contributed by atoms with Gasteiger partial charge in [0.1, 0.15) is 17.3 Å². The minimum atomic E-state index is -1.31. The number of para-hydroxylation sites is 1. The highest BCUT2D eigenvalue weighted by Crippen LogP contribution is 2.19. The van der Waals surface area contributed by atoms with Gasteiger partial charge in [0.15, 0.2) is 11.9 Å². The van der Waals surface area contributed by atoms with E-state index in [-0.39, 0.29) is 11.3 Å². The minimum absolute atomic E-state index is 0.114. The molecule has 7 nitrogen and oxygen atoms in total. The van der Waals surface area contributed by atoms with Crippen LogP contribution in [0, 0.1) is 11.6 Å². The highest BCUT2D eigenvalue weighted by molar-refractivity contribution is 6.02. The van der Waals surface area contributed by atoms with Gasteiger partial charge in [-0.2, -0.15) is 0 Å². The van der Waals surface area contributed by atoms with E-state index in [0.29, 0.717) is 5.69 Å². The number of amides is 2. The number of halogens is 2. The molecule has 0 aliphatic carbocycles. The summed E-state index contributed by atoms with van der Waals surface area (Å²) in [6.45, 7) is 1.27. The lowest BCUT2D eigenvalue weighted by Gasteiger charge is -2.14. The fourth-order valence-corrected chi connectivity index (χ4v) is 2.41. The van der Waals surface area contributed by atoms with Crippen molar-refractivity contribution in [3.05, 3.63) is 83.8 Å². The van der Waals surface area contributed by atoms with Crippen molar-refractivity contribution in [3.8, 4) is 0 Å². The van der Waals surface area contributed by atoms with Crippen molar-refractivity contribution in [2.45, 2.75) is 13.0 Å². The number of hydrogen-bond acceptors (Lipinski definition) is 5. The molecule has 2 aromatic carbocycles. The van der Waals surface area contributed by atoms with Crippen molar-refractivity contribution < 1.29 is 32.3 Å². The van der Waals surface area contributed by atoms with Crippen LogP contribution in [0.1, 0.15) is 27.8 Å². The monoisotopic (exact) mass is 414 g/mol. The average Bonchev–Trinajstić information content (AvgIpc) is 3.26. The molecule has 0 aliphatic rings. The highest BCUT2D eigenvalue weighted by atomic mass is 19.1. The summed E-state index contributed by atoms with van der Waals surface area (Å²) in [6, 6.07) is 11.9. The summed E-state index contributed by atoms with van der Waals surface area (Å²) >= 11 is 0. The Labute approximate surface area is 169 Å². The molecule has 3 rings (SSSR count). The van der Waals surface area contributed by atoms with Crippen LogP contribution in [0.25, 0.3) is 0 Å². The maximum absolute atomic E-state index is 13.6. The molecule has 0 bridgehead atoms. The molecule has 0 spiro atoms. The van der Waals surface area contributed by atoms with Crippen molar-refractivity contribution in [2.24, 2.45) is 0 Å². The second kappa shape index (κ2) is 8.99. The maximum Gasteiger partial charge on any atom is 0.338 e. The van der Waals surface area contributed by atoms with Crippen molar-refractivity contribution in [1.29, 1.82) is 0 Å². The molecule has 3 aromatic rings. The van der Waals surface area contributed by atoms with Crippen LogP contribution in [-0.2, 0) is 9.53 Å². The molecule has 154 valence electrons. The van der Waals surface area contributed by atoms with Gasteiger partial charge in [-0.05, 0) is 55.5 Å². The molecule has 0 saturated carbocycles. The lowest BCUT2D eigenvalue weighted by atomic mass is 10.2. The lowest BCUT2D eigenvalue weighted by molar-refractivity contribution is -0.123. The van der Waals surface area contributed by atoms with Crippen LogP contribution >= 0.6 is 0 Å². The molecule has 1 unspecified atom stereocenters. The molecule has 0 fully saturated rings. The summed E-state index contributed by atoms with van der Waals surface area (Å²) in [4.78, 5) is 36.2. The second-order valence-electron chi connectivity index (χ2n) is 6.14. The molecule has 30 heavy (non-hydrogen) atoms. The van der Waals surface area contributed by atoms with Crippen LogP contribution < -0.4 is 10.6 Å². The van der Waals surface area contributed by atoms with Crippen LogP contribution in [0.4, 0.5) is 20.2 Å². The number of benzene rings is 2. The van der Waals surface area contributed by atoms with Crippen LogP contribution in [0.15, 0.2) is 65.3 Å². The number of hydrogen-bond donors (Lipinski definition) is 2. The first-order valence-electron chi connectivity index (χ1n) is 8.76. The van der Waals surface area contributed by atoms with E-state index in [4.69, 9.17) is 9.15 Å². The van der Waals surface area contributed by atoms with E-state index in [0.717, 1.165) is 18.2 Å². The number of esters is 1. The molecule has 9 heteroatoms. The standard InChI is InChI=1S/C21H16F2N2O5/c1-12(19(26)25-18-15(22)4-2-5-16(18)23)30-21(28)13-7-9-14(10-8-13)24-20(27)17-6-3-11-29-17/h2-12H,1H3,(H,24,27)(H,25,26). The Hall–Kier alpha value is -4.01. The van der Waals surface area contributed by atoms with E-state index < -0.39 is 41.2 Å². The Morgan fingerprint density at radius 3 is 2.20 bits per heavy atom. The van der Waals surface area contributed by atoms with Crippen LogP contribution in [-0.4, -0.2) is 23.9 Å². The molecule has 0 saturated heterocycles. The zero-order valence-electron chi connectivity index (χ0n) is 15.6. The third-order valence-corrected chi connectivity index (χ3v) is 3.99. The van der Waals surface area contributed by atoms with Gasteiger partial charge in [-0.3, -0.25) is 9.59 Å². The Kier molecular flexibility index (Phi) is 6.21. The van der Waals surface area contributed by atoms with E-state index in [2.05, 4.69) is 10.6 Å². The number of carbonyl (C=O) groups excluding carboxylic acids is 3. The molecule has 1 atom stereocenters. The van der Waals surface area contributed by atoms with E-state index >= 15 is 0 Å². The summed E-state index contributed by atoms with van der Waals surface area (Å²) < 4.78 is 37.3. The summed E-state index contributed by atoms with van der Waals surface area (Å²) in [5.41, 5.74) is -0.0986. The fraction of sp³-hybridized carbons (Fsp3) is 0.0952. The summed E-state index contributed by atoms with van der Waals surface area (Å²) in [7, 11) is 0. The third-order valence-electron chi connectivity index (χ3n) is 3.99. The number of rotatable bonds is 6.